The molecule has 29 heavy (non-hydrogen) atoms. The molecule has 2 N–H and O–H groups in total. The summed E-state index contributed by atoms with van der Waals surface area (Å²) < 4.78 is 10.5. The Morgan fingerprint density at radius 2 is 1.59 bits per heavy atom. The molecule has 0 spiro atoms. The molecule has 0 aliphatic heterocycles. The summed E-state index contributed by atoms with van der Waals surface area (Å²) >= 11 is 12.5. The SMILES string of the molecule is COc1ccc(NC(=O)Cc2ccccc2Nc2c(Cl)cccc2Cl)cc1OC. The van der Waals surface area contributed by atoms with Gasteiger partial charge in [-0.3, -0.25) is 4.79 Å². The fraction of sp³-hybridized carbons (Fsp3) is 0.136. The van der Waals surface area contributed by atoms with E-state index in [0.29, 0.717) is 32.9 Å². The molecule has 1 amide bonds. The van der Waals surface area contributed by atoms with Crippen LogP contribution in [0.25, 0.3) is 0 Å². The van der Waals surface area contributed by atoms with Crippen molar-refractivity contribution in [2.45, 2.75) is 6.42 Å². The zero-order chi connectivity index (χ0) is 20.8. The van der Waals surface area contributed by atoms with E-state index in [0.717, 1.165) is 11.3 Å². The Morgan fingerprint density at radius 3 is 2.28 bits per heavy atom. The maximum absolute atomic E-state index is 12.6. The summed E-state index contributed by atoms with van der Waals surface area (Å²) in [5.41, 5.74) is 2.78. The molecule has 5 nitrogen and oxygen atoms in total. The molecule has 0 aliphatic rings. The van der Waals surface area contributed by atoms with E-state index in [1.807, 2.05) is 24.3 Å². The van der Waals surface area contributed by atoms with Crippen molar-refractivity contribution in [3.63, 3.8) is 0 Å². The van der Waals surface area contributed by atoms with E-state index in [1.54, 1.807) is 50.6 Å². The van der Waals surface area contributed by atoms with Gasteiger partial charge < -0.3 is 20.1 Å². The third kappa shape index (κ3) is 5.13. The van der Waals surface area contributed by atoms with Gasteiger partial charge in [-0.05, 0) is 35.9 Å². The molecule has 0 bridgehead atoms. The quantitative estimate of drug-likeness (QED) is 0.487. The van der Waals surface area contributed by atoms with Gasteiger partial charge in [-0.25, -0.2) is 0 Å². The van der Waals surface area contributed by atoms with Gasteiger partial charge in [0, 0.05) is 17.4 Å². The van der Waals surface area contributed by atoms with Crippen molar-refractivity contribution in [1.82, 2.24) is 0 Å². The number of anilines is 3. The Morgan fingerprint density at radius 1 is 0.897 bits per heavy atom. The van der Waals surface area contributed by atoms with E-state index < -0.39 is 0 Å². The second-order valence-electron chi connectivity index (χ2n) is 6.17. The van der Waals surface area contributed by atoms with Gasteiger partial charge >= 0.3 is 0 Å². The maximum atomic E-state index is 12.6. The molecule has 3 rings (SSSR count). The molecule has 0 aromatic heterocycles. The third-order valence-corrected chi connectivity index (χ3v) is 4.89. The summed E-state index contributed by atoms with van der Waals surface area (Å²) in [7, 11) is 3.11. The Bertz CT molecular complexity index is 1000. The standard InChI is InChI=1S/C22H20Cl2N2O3/c1-28-19-11-10-15(13-20(19)29-2)25-21(27)12-14-6-3-4-9-18(14)26-22-16(23)7-5-8-17(22)24/h3-11,13,26H,12H2,1-2H3,(H,25,27). The zero-order valence-electron chi connectivity index (χ0n) is 16.0. The summed E-state index contributed by atoms with van der Waals surface area (Å²) in [4.78, 5) is 12.6. The highest BCUT2D eigenvalue weighted by Crippen LogP contribution is 2.34. The molecule has 0 aliphatic carbocycles. The molecular formula is C22H20Cl2N2O3. The van der Waals surface area contributed by atoms with Crippen LogP contribution >= 0.6 is 23.2 Å². The lowest BCUT2D eigenvalue weighted by Crippen LogP contribution is -2.15. The first-order valence-electron chi connectivity index (χ1n) is 8.82. The molecule has 7 heteroatoms. The first kappa shape index (κ1) is 20.8. The molecule has 0 radical (unpaired) electrons. The van der Waals surface area contributed by atoms with Crippen LogP contribution in [0.15, 0.2) is 60.7 Å². The first-order valence-corrected chi connectivity index (χ1v) is 9.58. The van der Waals surface area contributed by atoms with Crippen molar-refractivity contribution in [1.29, 1.82) is 0 Å². The number of carbonyl (C=O) groups excluding carboxylic acids is 1. The Kier molecular flexibility index (Phi) is 6.86. The summed E-state index contributed by atoms with van der Waals surface area (Å²) in [5, 5.41) is 7.11. The fourth-order valence-corrected chi connectivity index (χ4v) is 3.33. The Labute approximate surface area is 179 Å². The normalized spacial score (nSPS) is 10.3. The molecule has 150 valence electrons. The second kappa shape index (κ2) is 9.54. The number of halogens is 2. The molecule has 0 atom stereocenters. The van der Waals surface area contributed by atoms with E-state index in [4.69, 9.17) is 32.7 Å². The Balaban J connectivity index is 1.76. The van der Waals surface area contributed by atoms with E-state index in [1.165, 1.54) is 0 Å². The van der Waals surface area contributed by atoms with Crippen molar-refractivity contribution < 1.29 is 14.3 Å². The van der Waals surface area contributed by atoms with Gasteiger partial charge in [-0.15, -0.1) is 0 Å². The number of carbonyl (C=O) groups is 1. The highest BCUT2D eigenvalue weighted by atomic mass is 35.5. The molecule has 0 saturated heterocycles. The van der Waals surface area contributed by atoms with Crippen LogP contribution < -0.4 is 20.1 Å². The van der Waals surface area contributed by atoms with Crippen molar-refractivity contribution in [3.8, 4) is 11.5 Å². The van der Waals surface area contributed by atoms with Crippen LogP contribution in [-0.2, 0) is 11.2 Å². The second-order valence-corrected chi connectivity index (χ2v) is 6.99. The third-order valence-electron chi connectivity index (χ3n) is 4.26. The minimum absolute atomic E-state index is 0.166. The highest BCUT2D eigenvalue weighted by molar-refractivity contribution is 6.39. The van der Waals surface area contributed by atoms with Gasteiger partial charge in [0.15, 0.2) is 11.5 Å². The number of hydrogen-bond acceptors (Lipinski definition) is 4. The lowest BCUT2D eigenvalue weighted by Gasteiger charge is -2.15. The molecular weight excluding hydrogens is 411 g/mol. The average Bonchev–Trinajstić information content (AvgIpc) is 2.71. The number of ether oxygens (including phenoxy) is 2. The summed E-state index contributed by atoms with van der Waals surface area (Å²) in [5.74, 6) is 0.967. The predicted octanol–water partition coefficient (Wildman–Crippen LogP) is 5.94. The minimum Gasteiger partial charge on any atom is -0.493 e. The van der Waals surface area contributed by atoms with Crippen LogP contribution in [0.3, 0.4) is 0 Å². The number of para-hydroxylation sites is 2. The topological polar surface area (TPSA) is 59.6 Å². The smallest absolute Gasteiger partial charge is 0.228 e. The molecule has 0 unspecified atom stereocenters. The van der Waals surface area contributed by atoms with E-state index in [2.05, 4.69) is 10.6 Å². The predicted molar refractivity (Wildman–Crippen MR) is 118 cm³/mol. The number of methoxy groups -OCH3 is 2. The summed E-state index contributed by atoms with van der Waals surface area (Å²) in [6, 6.07) is 18.0. The van der Waals surface area contributed by atoms with Crippen molar-refractivity contribution in [2.24, 2.45) is 0 Å². The maximum Gasteiger partial charge on any atom is 0.228 e. The lowest BCUT2D eigenvalue weighted by molar-refractivity contribution is -0.115. The Hall–Kier alpha value is -2.89. The van der Waals surface area contributed by atoms with Gasteiger partial charge in [-0.1, -0.05) is 47.5 Å². The van der Waals surface area contributed by atoms with Gasteiger partial charge in [-0.2, -0.15) is 0 Å². The molecule has 0 fully saturated rings. The zero-order valence-corrected chi connectivity index (χ0v) is 17.5. The van der Waals surface area contributed by atoms with Crippen LogP contribution in [0, 0.1) is 0 Å². The van der Waals surface area contributed by atoms with Crippen molar-refractivity contribution in [2.75, 3.05) is 24.9 Å². The van der Waals surface area contributed by atoms with Crippen molar-refractivity contribution >= 4 is 46.2 Å². The average molecular weight is 431 g/mol. The van der Waals surface area contributed by atoms with Crippen molar-refractivity contribution in [3.05, 3.63) is 76.3 Å². The summed E-state index contributed by atoms with van der Waals surface area (Å²) in [6.45, 7) is 0. The largest absolute Gasteiger partial charge is 0.493 e. The lowest BCUT2D eigenvalue weighted by atomic mass is 10.1. The van der Waals surface area contributed by atoms with E-state index >= 15 is 0 Å². The van der Waals surface area contributed by atoms with E-state index in [-0.39, 0.29) is 12.3 Å². The van der Waals surface area contributed by atoms with Gasteiger partial charge in [0.1, 0.15) is 0 Å². The van der Waals surface area contributed by atoms with Crippen LogP contribution in [0.1, 0.15) is 5.56 Å². The fourth-order valence-electron chi connectivity index (χ4n) is 2.84. The van der Waals surface area contributed by atoms with Crippen LogP contribution in [0.5, 0.6) is 11.5 Å². The van der Waals surface area contributed by atoms with Crippen LogP contribution in [-0.4, -0.2) is 20.1 Å². The minimum atomic E-state index is -0.170. The van der Waals surface area contributed by atoms with Gasteiger partial charge in [0.2, 0.25) is 5.91 Å². The molecule has 0 heterocycles. The number of benzene rings is 3. The summed E-state index contributed by atoms with van der Waals surface area (Å²) in [6.07, 6.45) is 0.166. The van der Waals surface area contributed by atoms with Gasteiger partial charge in [0.05, 0.1) is 36.4 Å². The highest BCUT2D eigenvalue weighted by Gasteiger charge is 2.12. The number of nitrogens with one attached hydrogen (secondary N) is 2. The first-order chi connectivity index (χ1) is 14.0. The molecule has 3 aromatic rings. The van der Waals surface area contributed by atoms with Crippen LogP contribution in [0.2, 0.25) is 10.0 Å². The molecule has 0 saturated carbocycles. The number of hydrogen-bond donors (Lipinski definition) is 2. The van der Waals surface area contributed by atoms with Gasteiger partial charge in [0.25, 0.3) is 0 Å². The monoisotopic (exact) mass is 430 g/mol. The number of amides is 1. The number of rotatable bonds is 7. The van der Waals surface area contributed by atoms with E-state index in [9.17, 15) is 4.79 Å². The van der Waals surface area contributed by atoms with Crippen LogP contribution in [0.4, 0.5) is 17.1 Å². The molecule has 3 aromatic carbocycles.